The molecule has 118 valence electrons. The topological polar surface area (TPSA) is 58.8 Å². The maximum Gasteiger partial charge on any atom is 0.191 e. The molecule has 1 aromatic rings. The quantitative estimate of drug-likeness (QED) is 0.439. The number of hydrogen-bond acceptors (Lipinski definition) is 3. The highest BCUT2D eigenvalue weighted by Gasteiger charge is 2.14. The first-order valence-electron chi connectivity index (χ1n) is 8.04. The molecule has 2 heterocycles. The zero-order chi connectivity index (χ0) is 14.8. The van der Waals surface area contributed by atoms with Crippen LogP contribution in [0.1, 0.15) is 38.4 Å². The Labute approximate surface area is 127 Å². The minimum absolute atomic E-state index is 0.292. The maximum absolute atomic E-state index is 5.61. The Morgan fingerprint density at radius 1 is 1.38 bits per heavy atom. The molecule has 1 aliphatic heterocycles. The fourth-order valence-electron chi connectivity index (χ4n) is 2.30. The van der Waals surface area contributed by atoms with Gasteiger partial charge in [0.15, 0.2) is 5.96 Å². The van der Waals surface area contributed by atoms with Crippen molar-refractivity contribution < 1.29 is 9.15 Å². The Morgan fingerprint density at radius 2 is 2.29 bits per heavy atom. The van der Waals surface area contributed by atoms with Crippen LogP contribution in [0.3, 0.4) is 0 Å². The van der Waals surface area contributed by atoms with E-state index in [1.54, 1.807) is 6.26 Å². The van der Waals surface area contributed by atoms with Gasteiger partial charge in [0.05, 0.1) is 18.9 Å². The summed E-state index contributed by atoms with van der Waals surface area (Å²) in [6.45, 7) is 5.58. The molecule has 0 spiro atoms. The van der Waals surface area contributed by atoms with Gasteiger partial charge in [-0.1, -0.05) is 13.3 Å². The summed E-state index contributed by atoms with van der Waals surface area (Å²) in [6, 6.07) is 3.91. The standard InChI is InChI=1S/C16H27N3O2/c1-2-3-9-17-16(19-13-15-7-5-12-21-15)18-10-8-14-6-4-11-20-14/h4,6,11,15H,2-3,5,7-10,12-13H2,1H3,(H2,17,18,19). The second kappa shape index (κ2) is 9.45. The molecule has 2 N–H and O–H groups in total. The van der Waals surface area contributed by atoms with Crippen molar-refractivity contribution in [3.05, 3.63) is 24.2 Å². The number of guanidine groups is 1. The van der Waals surface area contributed by atoms with Crippen LogP contribution in [0.25, 0.3) is 0 Å². The van der Waals surface area contributed by atoms with Crippen molar-refractivity contribution in [1.29, 1.82) is 0 Å². The molecule has 1 aromatic heterocycles. The SMILES string of the molecule is CCCCNC(=NCC1CCCO1)NCCc1ccco1. The third kappa shape index (κ3) is 6.21. The summed E-state index contributed by atoms with van der Waals surface area (Å²) in [5.74, 6) is 1.88. The largest absolute Gasteiger partial charge is 0.469 e. The van der Waals surface area contributed by atoms with Crippen molar-refractivity contribution in [2.24, 2.45) is 4.99 Å². The molecule has 2 rings (SSSR count). The highest BCUT2D eigenvalue weighted by Crippen LogP contribution is 2.11. The van der Waals surface area contributed by atoms with E-state index in [1.807, 2.05) is 12.1 Å². The van der Waals surface area contributed by atoms with Crippen molar-refractivity contribution in [2.75, 3.05) is 26.2 Å². The van der Waals surface area contributed by atoms with Gasteiger partial charge in [-0.2, -0.15) is 0 Å². The molecule has 0 bridgehead atoms. The van der Waals surface area contributed by atoms with Crippen LogP contribution in [0, 0.1) is 0 Å². The van der Waals surface area contributed by atoms with Crippen LogP contribution in [0.15, 0.2) is 27.8 Å². The van der Waals surface area contributed by atoms with Crippen LogP contribution < -0.4 is 10.6 Å². The van der Waals surface area contributed by atoms with Crippen LogP contribution >= 0.6 is 0 Å². The Morgan fingerprint density at radius 3 is 3.00 bits per heavy atom. The van der Waals surface area contributed by atoms with Gasteiger partial charge >= 0.3 is 0 Å². The van der Waals surface area contributed by atoms with Crippen molar-refractivity contribution >= 4 is 5.96 Å². The van der Waals surface area contributed by atoms with Crippen molar-refractivity contribution in [1.82, 2.24) is 10.6 Å². The zero-order valence-corrected chi connectivity index (χ0v) is 12.9. The molecule has 21 heavy (non-hydrogen) atoms. The summed E-state index contributed by atoms with van der Waals surface area (Å²) in [6.07, 6.45) is 7.47. The van der Waals surface area contributed by atoms with Crippen LogP contribution in [0.5, 0.6) is 0 Å². The highest BCUT2D eigenvalue weighted by atomic mass is 16.5. The number of furan rings is 1. The fourth-order valence-corrected chi connectivity index (χ4v) is 2.30. The van der Waals surface area contributed by atoms with Gasteiger partial charge in [-0.05, 0) is 31.4 Å². The average Bonchev–Trinajstić information content (AvgIpc) is 3.18. The molecule has 5 heteroatoms. The molecule has 1 atom stereocenters. The van der Waals surface area contributed by atoms with Crippen molar-refractivity contribution in [2.45, 2.75) is 45.1 Å². The van der Waals surface area contributed by atoms with E-state index in [-0.39, 0.29) is 0 Å². The lowest BCUT2D eigenvalue weighted by Crippen LogP contribution is -2.39. The number of nitrogens with one attached hydrogen (secondary N) is 2. The first-order valence-corrected chi connectivity index (χ1v) is 8.04. The maximum atomic E-state index is 5.61. The molecular formula is C16H27N3O2. The first-order chi connectivity index (χ1) is 10.4. The molecule has 1 saturated heterocycles. The molecule has 0 amide bonds. The van der Waals surface area contributed by atoms with Gasteiger partial charge in [0, 0.05) is 26.1 Å². The van der Waals surface area contributed by atoms with E-state index in [2.05, 4.69) is 22.5 Å². The Hall–Kier alpha value is -1.49. The molecule has 0 saturated carbocycles. The van der Waals surface area contributed by atoms with Crippen LogP contribution in [0.4, 0.5) is 0 Å². The van der Waals surface area contributed by atoms with Crippen LogP contribution in [-0.4, -0.2) is 38.3 Å². The molecule has 5 nitrogen and oxygen atoms in total. The second-order valence-corrected chi connectivity index (χ2v) is 5.36. The average molecular weight is 293 g/mol. The fraction of sp³-hybridized carbons (Fsp3) is 0.688. The first kappa shape index (κ1) is 15.9. The van der Waals surface area contributed by atoms with E-state index >= 15 is 0 Å². The van der Waals surface area contributed by atoms with Crippen molar-refractivity contribution in [3.63, 3.8) is 0 Å². The predicted molar refractivity (Wildman–Crippen MR) is 84.6 cm³/mol. The monoisotopic (exact) mass is 293 g/mol. The summed E-state index contributed by atoms with van der Waals surface area (Å²) < 4.78 is 10.9. The lowest BCUT2D eigenvalue weighted by molar-refractivity contribution is 0.117. The van der Waals surface area contributed by atoms with Gasteiger partial charge in [-0.25, -0.2) is 0 Å². The van der Waals surface area contributed by atoms with Gasteiger partial charge in [0.2, 0.25) is 0 Å². The lowest BCUT2D eigenvalue weighted by atomic mass is 10.2. The minimum atomic E-state index is 0.292. The summed E-state index contributed by atoms with van der Waals surface area (Å²) in [4.78, 5) is 4.64. The predicted octanol–water partition coefficient (Wildman–Crippen LogP) is 2.34. The number of rotatable bonds is 8. The number of hydrogen-bond donors (Lipinski definition) is 2. The minimum Gasteiger partial charge on any atom is -0.469 e. The smallest absolute Gasteiger partial charge is 0.191 e. The Balaban J connectivity index is 1.74. The molecular weight excluding hydrogens is 266 g/mol. The van der Waals surface area contributed by atoms with Gasteiger partial charge in [0.1, 0.15) is 5.76 Å². The molecule has 1 fully saturated rings. The van der Waals surface area contributed by atoms with E-state index in [0.717, 1.165) is 63.6 Å². The van der Waals surface area contributed by atoms with Gasteiger partial charge in [-0.15, -0.1) is 0 Å². The Kier molecular flexibility index (Phi) is 7.15. The number of ether oxygens (including phenoxy) is 1. The third-order valence-electron chi connectivity index (χ3n) is 3.54. The van der Waals surface area contributed by atoms with E-state index < -0.39 is 0 Å². The molecule has 1 unspecified atom stereocenters. The number of nitrogens with zero attached hydrogens (tertiary/aromatic N) is 1. The second-order valence-electron chi connectivity index (χ2n) is 5.36. The lowest BCUT2D eigenvalue weighted by Gasteiger charge is -2.13. The number of unbranched alkanes of at least 4 members (excludes halogenated alkanes) is 1. The van der Waals surface area contributed by atoms with E-state index in [0.29, 0.717) is 6.10 Å². The van der Waals surface area contributed by atoms with E-state index in [4.69, 9.17) is 9.15 Å². The van der Waals surface area contributed by atoms with Crippen molar-refractivity contribution in [3.8, 4) is 0 Å². The van der Waals surface area contributed by atoms with Crippen LogP contribution in [-0.2, 0) is 11.2 Å². The normalized spacial score (nSPS) is 18.9. The van der Waals surface area contributed by atoms with Crippen LogP contribution in [0.2, 0.25) is 0 Å². The van der Waals surface area contributed by atoms with E-state index in [9.17, 15) is 0 Å². The zero-order valence-electron chi connectivity index (χ0n) is 12.9. The summed E-state index contributed by atoms with van der Waals surface area (Å²) in [5.41, 5.74) is 0. The number of aliphatic imine (C=N–C) groups is 1. The summed E-state index contributed by atoms with van der Waals surface area (Å²) in [7, 11) is 0. The van der Waals surface area contributed by atoms with Gasteiger partial charge < -0.3 is 19.8 Å². The summed E-state index contributed by atoms with van der Waals surface area (Å²) >= 11 is 0. The van der Waals surface area contributed by atoms with E-state index in [1.165, 1.54) is 6.42 Å². The van der Waals surface area contributed by atoms with Gasteiger partial charge in [-0.3, -0.25) is 4.99 Å². The molecule has 0 aliphatic carbocycles. The van der Waals surface area contributed by atoms with Gasteiger partial charge in [0.25, 0.3) is 0 Å². The Bertz CT molecular complexity index is 398. The summed E-state index contributed by atoms with van der Waals surface area (Å²) in [5, 5.41) is 6.74. The third-order valence-corrected chi connectivity index (χ3v) is 3.54. The molecule has 0 aromatic carbocycles. The highest BCUT2D eigenvalue weighted by molar-refractivity contribution is 5.79. The molecule has 0 radical (unpaired) electrons. The molecule has 1 aliphatic rings.